The maximum absolute atomic E-state index is 11.4. The maximum atomic E-state index is 11.4. The summed E-state index contributed by atoms with van der Waals surface area (Å²) < 4.78 is 0. The van der Waals surface area contributed by atoms with E-state index in [2.05, 4.69) is 9.97 Å². The molecule has 0 saturated heterocycles. The van der Waals surface area contributed by atoms with Crippen LogP contribution in [0.2, 0.25) is 0 Å². The summed E-state index contributed by atoms with van der Waals surface area (Å²) in [6.07, 6.45) is 5.71. The van der Waals surface area contributed by atoms with Gasteiger partial charge in [0.15, 0.2) is 0 Å². The fourth-order valence-electron chi connectivity index (χ4n) is 2.24. The molecule has 1 aliphatic carbocycles. The number of carboxylic acid groups (broad SMARTS) is 1. The van der Waals surface area contributed by atoms with E-state index >= 15 is 0 Å². The number of aryl methyl sites for hydroxylation is 1. The SMILES string of the molecule is Cc1[nH]c(=O)nc(SC2CCCCC2)c1C(=O)O. The van der Waals surface area contributed by atoms with Crippen molar-refractivity contribution in [2.45, 2.75) is 49.3 Å². The lowest BCUT2D eigenvalue weighted by Crippen LogP contribution is -2.19. The molecule has 1 fully saturated rings. The summed E-state index contributed by atoms with van der Waals surface area (Å²) in [6, 6.07) is 0. The number of carboxylic acids is 1. The first-order valence-corrected chi connectivity index (χ1v) is 6.97. The third kappa shape index (κ3) is 2.93. The van der Waals surface area contributed by atoms with E-state index in [1.807, 2.05) is 0 Å². The number of H-pyrrole nitrogens is 1. The largest absolute Gasteiger partial charge is 0.478 e. The van der Waals surface area contributed by atoms with E-state index in [1.54, 1.807) is 6.92 Å². The molecule has 0 spiro atoms. The monoisotopic (exact) mass is 268 g/mol. The predicted molar refractivity (Wildman–Crippen MR) is 69.3 cm³/mol. The van der Waals surface area contributed by atoms with Gasteiger partial charge in [-0.3, -0.25) is 0 Å². The van der Waals surface area contributed by atoms with Gasteiger partial charge in [0.2, 0.25) is 0 Å². The van der Waals surface area contributed by atoms with Crippen LogP contribution in [0.15, 0.2) is 9.82 Å². The van der Waals surface area contributed by atoms with Crippen molar-refractivity contribution in [3.8, 4) is 0 Å². The molecule has 0 unspecified atom stereocenters. The molecule has 1 aliphatic rings. The number of hydrogen-bond acceptors (Lipinski definition) is 4. The molecule has 1 saturated carbocycles. The molecule has 1 aromatic heterocycles. The number of hydrogen-bond donors (Lipinski definition) is 2. The van der Waals surface area contributed by atoms with Crippen LogP contribution in [-0.4, -0.2) is 26.3 Å². The van der Waals surface area contributed by atoms with E-state index in [4.69, 9.17) is 0 Å². The zero-order valence-corrected chi connectivity index (χ0v) is 11.0. The standard InChI is InChI=1S/C12H16N2O3S/c1-7-9(11(15)16)10(14-12(17)13-7)18-8-5-3-2-4-6-8/h8H,2-6H2,1H3,(H,15,16)(H,13,14,17). The molecular weight excluding hydrogens is 252 g/mol. The lowest BCUT2D eigenvalue weighted by molar-refractivity contribution is 0.0690. The number of nitrogens with one attached hydrogen (secondary N) is 1. The first-order valence-electron chi connectivity index (χ1n) is 6.09. The Hall–Kier alpha value is -1.30. The third-order valence-corrected chi connectivity index (χ3v) is 4.45. The average molecular weight is 268 g/mol. The van der Waals surface area contributed by atoms with Gasteiger partial charge in [0.25, 0.3) is 0 Å². The summed E-state index contributed by atoms with van der Waals surface area (Å²) in [4.78, 5) is 28.8. The van der Waals surface area contributed by atoms with Crippen molar-refractivity contribution in [3.63, 3.8) is 0 Å². The van der Waals surface area contributed by atoms with Gasteiger partial charge >= 0.3 is 11.7 Å². The quantitative estimate of drug-likeness (QED) is 0.821. The van der Waals surface area contributed by atoms with Gasteiger partial charge in [-0.05, 0) is 19.8 Å². The number of thioether (sulfide) groups is 1. The summed E-state index contributed by atoms with van der Waals surface area (Å²) in [7, 11) is 0. The minimum absolute atomic E-state index is 0.130. The van der Waals surface area contributed by atoms with Gasteiger partial charge in [0, 0.05) is 10.9 Å². The molecule has 0 aromatic carbocycles. The van der Waals surface area contributed by atoms with E-state index in [0.717, 1.165) is 12.8 Å². The van der Waals surface area contributed by atoms with Gasteiger partial charge in [-0.15, -0.1) is 11.8 Å². The normalized spacial score (nSPS) is 16.7. The molecule has 18 heavy (non-hydrogen) atoms. The van der Waals surface area contributed by atoms with E-state index in [0.29, 0.717) is 16.0 Å². The average Bonchev–Trinajstić information content (AvgIpc) is 2.28. The number of aromatic nitrogens is 2. The molecular formula is C12H16N2O3S. The molecule has 5 nitrogen and oxygen atoms in total. The first-order chi connectivity index (χ1) is 8.58. The first kappa shape index (κ1) is 13.1. The highest BCUT2D eigenvalue weighted by atomic mass is 32.2. The van der Waals surface area contributed by atoms with E-state index in [-0.39, 0.29) is 5.56 Å². The van der Waals surface area contributed by atoms with Crippen LogP contribution in [0.25, 0.3) is 0 Å². The number of nitrogens with zero attached hydrogens (tertiary/aromatic N) is 1. The molecule has 0 bridgehead atoms. The van der Waals surface area contributed by atoms with Crippen molar-refractivity contribution < 1.29 is 9.90 Å². The molecule has 0 radical (unpaired) electrons. The van der Waals surface area contributed by atoms with Crippen LogP contribution in [0.3, 0.4) is 0 Å². The van der Waals surface area contributed by atoms with Gasteiger partial charge in [-0.25, -0.2) is 9.59 Å². The predicted octanol–water partition coefficient (Wildman–Crippen LogP) is 2.20. The Labute approximate surface area is 109 Å². The zero-order valence-electron chi connectivity index (χ0n) is 10.2. The lowest BCUT2D eigenvalue weighted by Gasteiger charge is -2.21. The Morgan fingerprint density at radius 2 is 2.06 bits per heavy atom. The van der Waals surface area contributed by atoms with Crippen LogP contribution in [0.4, 0.5) is 0 Å². The Bertz CT molecular complexity index is 507. The van der Waals surface area contributed by atoms with Crippen molar-refractivity contribution in [2.75, 3.05) is 0 Å². The summed E-state index contributed by atoms with van der Waals surface area (Å²) in [5.74, 6) is -1.03. The summed E-state index contributed by atoms with van der Waals surface area (Å²) >= 11 is 1.44. The molecule has 1 heterocycles. The molecule has 98 valence electrons. The zero-order chi connectivity index (χ0) is 13.1. The number of rotatable bonds is 3. The smallest absolute Gasteiger partial charge is 0.346 e. The molecule has 2 N–H and O–H groups in total. The molecule has 0 atom stereocenters. The minimum atomic E-state index is -1.03. The fraction of sp³-hybridized carbons (Fsp3) is 0.583. The molecule has 6 heteroatoms. The van der Waals surface area contributed by atoms with Crippen molar-refractivity contribution in [1.82, 2.24) is 9.97 Å². The van der Waals surface area contributed by atoms with E-state index in [9.17, 15) is 14.7 Å². The van der Waals surface area contributed by atoms with Crippen LogP contribution in [-0.2, 0) is 0 Å². The Kier molecular flexibility index (Phi) is 4.06. The Morgan fingerprint density at radius 3 is 2.67 bits per heavy atom. The third-order valence-electron chi connectivity index (χ3n) is 3.13. The molecule has 1 aromatic rings. The number of aromatic carboxylic acids is 1. The fourth-order valence-corrected chi connectivity index (χ4v) is 3.62. The molecule has 0 amide bonds. The Balaban J connectivity index is 2.30. The second kappa shape index (κ2) is 5.56. The maximum Gasteiger partial charge on any atom is 0.346 e. The van der Waals surface area contributed by atoms with Crippen molar-refractivity contribution in [2.24, 2.45) is 0 Å². The van der Waals surface area contributed by atoms with Crippen molar-refractivity contribution in [3.05, 3.63) is 21.7 Å². The van der Waals surface area contributed by atoms with Crippen LogP contribution in [0, 0.1) is 6.92 Å². The van der Waals surface area contributed by atoms with Crippen LogP contribution < -0.4 is 5.69 Å². The summed E-state index contributed by atoms with van der Waals surface area (Å²) in [6.45, 7) is 1.59. The van der Waals surface area contributed by atoms with Crippen LogP contribution in [0.1, 0.15) is 48.2 Å². The van der Waals surface area contributed by atoms with Crippen molar-refractivity contribution in [1.29, 1.82) is 0 Å². The molecule has 2 rings (SSSR count). The highest BCUT2D eigenvalue weighted by molar-refractivity contribution is 7.99. The van der Waals surface area contributed by atoms with Gasteiger partial charge in [0.05, 0.1) is 0 Å². The Morgan fingerprint density at radius 1 is 1.39 bits per heavy atom. The van der Waals surface area contributed by atoms with Gasteiger partial charge in [-0.1, -0.05) is 19.3 Å². The van der Waals surface area contributed by atoms with Crippen LogP contribution in [0.5, 0.6) is 0 Å². The lowest BCUT2D eigenvalue weighted by atomic mass is 10.0. The topological polar surface area (TPSA) is 83.0 Å². The number of carbonyl (C=O) groups is 1. The second-order valence-corrected chi connectivity index (χ2v) is 5.82. The van der Waals surface area contributed by atoms with E-state index in [1.165, 1.54) is 31.0 Å². The van der Waals surface area contributed by atoms with Crippen molar-refractivity contribution >= 4 is 17.7 Å². The summed E-state index contributed by atoms with van der Waals surface area (Å²) in [5.41, 5.74) is 0.0294. The highest BCUT2D eigenvalue weighted by Crippen LogP contribution is 2.34. The highest BCUT2D eigenvalue weighted by Gasteiger charge is 2.22. The van der Waals surface area contributed by atoms with Crippen LogP contribution >= 0.6 is 11.8 Å². The molecule has 0 aliphatic heterocycles. The number of aromatic amines is 1. The van der Waals surface area contributed by atoms with Gasteiger partial charge in [-0.2, -0.15) is 4.98 Å². The van der Waals surface area contributed by atoms with Gasteiger partial charge in [0.1, 0.15) is 10.6 Å². The van der Waals surface area contributed by atoms with Gasteiger partial charge < -0.3 is 10.1 Å². The van der Waals surface area contributed by atoms with E-state index < -0.39 is 11.7 Å². The minimum Gasteiger partial charge on any atom is -0.478 e. The summed E-state index contributed by atoms with van der Waals surface area (Å²) in [5, 5.41) is 9.93. The second-order valence-electron chi connectivity index (χ2n) is 4.53.